The van der Waals surface area contributed by atoms with E-state index in [4.69, 9.17) is 4.74 Å². The number of amides is 1. The number of aryl methyl sites for hydroxylation is 2. The summed E-state index contributed by atoms with van der Waals surface area (Å²) < 4.78 is 5.80. The number of hydrogen-bond acceptors (Lipinski definition) is 5. The molecule has 2 fully saturated rings. The summed E-state index contributed by atoms with van der Waals surface area (Å²) in [5.74, 6) is 0.0548. The maximum atomic E-state index is 13.4. The van der Waals surface area contributed by atoms with Crippen LogP contribution in [0.2, 0.25) is 0 Å². The lowest BCUT2D eigenvalue weighted by Crippen LogP contribution is -2.50. The molecule has 6 nitrogen and oxygen atoms in total. The van der Waals surface area contributed by atoms with Gasteiger partial charge in [0.25, 0.3) is 5.91 Å². The number of aromatic nitrogens is 2. The van der Waals surface area contributed by atoms with Crippen LogP contribution < -0.4 is 0 Å². The lowest BCUT2D eigenvalue weighted by molar-refractivity contribution is -0.00400. The molecule has 2 aliphatic rings. The Hall–Kier alpha value is -2.31. The van der Waals surface area contributed by atoms with Crippen molar-refractivity contribution in [2.75, 3.05) is 32.8 Å². The third kappa shape index (κ3) is 6.51. The summed E-state index contributed by atoms with van der Waals surface area (Å²) in [6, 6.07) is 9.45. The van der Waals surface area contributed by atoms with Crippen LogP contribution in [0.1, 0.15) is 86.3 Å². The van der Waals surface area contributed by atoms with Crippen LogP contribution in [0.5, 0.6) is 0 Å². The average Bonchev–Trinajstić information content (AvgIpc) is 2.88. The summed E-state index contributed by atoms with van der Waals surface area (Å²) in [5.41, 5.74) is 5.26. The van der Waals surface area contributed by atoms with E-state index in [1.165, 1.54) is 11.1 Å². The molecule has 4 rings (SSSR count). The first kappa shape index (κ1) is 26.7. The second-order valence-corrected chi connectivity index (χ2v) is 11.5. The van der Waals surface area contributed by atoms with Crippen LogP contribution in [-0.4, -0.2) is 70.6 Å². The van der Waals surface area contributed by atoms with Crippen LogP contribution in [0.3, 0.4) is 0 Å². The maximum Gasteiger partial charge on any atom is 0.272 e. The van der Waals surface area contributed by atoms with Gasteiger partial charge in [-0.3, -0.25) is 4.79 Å². The van der Waals surface area contributed by atoms with E-state index in [-0.39, 0.29) is 11.3 Å². The summed E-state index contributed by atoms with van der Waals surface area (Å²) in [5, 5.41) is 0. The van der Waals surface area contributed by atoms with Crippen molar-refractivity contribution in [1.82, 2.24) is 19.8 Å². The molecule has 6 heteroatoms. The fourth-order valence-corrected chi connectivity index (χ4v) is 5.62. The van der Waals surface area contributed by atoms with E-state index in [1.807, 2.05) is 11.8 Å². The quantitative estimate of drug-likeness (QED) is 0.546. The first-order chi connectivity index (χ1) is 17.3. The van der Waals surface area contributed by atoms with E-state index in [1.54, 1.807) is 6.33 Å². The molecule has 0 atom stereocenters. The molecule has 2 aliphatic heterocycles. The minimum Gasteiger partial charge on any atom is -0.378 e. The van der Waals surface area contributed by atoms with Crippen molar-refractivity contribution in [3.05, 3.63) is 58.7 Å². The number of benzene rings is 1. The standard InChI is InChI=1S/C30H44N4O2/c1-6-36-26-15-19-33(20-16-26)25-13-17-34(18-14-25)29(35)28-22(2)27(31-21-32-28)12-9-23-7-10-24(11-8-23)30(3,4)5/h7-8,10-11,21,25-26H,6,9,12-20H2,1-5H3. The van der Waals surface area contributed by atoms with Gasteiger partial charge in [0.1, 0.15) is 12.0 Å². The van der Waals surface area contributed by atoms with Crippen molar-refractivity contribution >= 4 is 5.91 Å². The number of carbonyl (C=O) groups excluding carboxylic acids is 1. The monoisotopic (exact) mass is 492 g/mol. The zero-order chi connectivity index (χ0) is 25.7. The van der Waals surface area contributed by atoms with Gasteiger partial charge in [-0.1, -0.05) is 45.0 Å². The normalized spacial score (nSPS) is 18.5. The SMILES string of the molecule is CCOC1CCN(C2CCN(C(=O)c3ncnc(CCc4ccc(C(C)(C)C)cc4)c3C)CC2)CC1. The summed E-state index contributed by atoms with van der Waals surface area (Å²) in [6.45, 7) is 15.4. The highest BCUT2D eigenvalue weighted by atomic mass is 16.5. The van der Waals surface area contributed by atoms with Crippen molar-refractivity contribution in [2.45, 2.75) is 90.7 Å². The highest BCUT2D eigenvalue weighted by Crippen LogP contribution is 2.25. The summed E-state index contributed by atoms with van der Waals surface area (Å²) in [7, 11) is 0. The molecule has 0 aliphatic carbocycles. The van der Waals surface area contributed by atoms with Crippen molar-refractivity contribution < 1.29 is 9.53 Å². The largest absolute Gasteiger partial charge is 0.378 e. The molecule has 3 heterocycles. The summed E-state index contributed by atoms with van der Waals surface area (Å²) in [4.78, 5) is 26.9. The van der Waals surface area contributed by atoms with Crippen LogP contribution in [0.15, 0.2) is 30.6 Å². The first-order valence-corrected chi connectivity index (χ1v) is 13.8. The van der Waals surface area contributed by atoms with Crippen molar-refractivity contribution in [1.29, 1.82) is 0 Å². The Balaban J connectivity index is 1.31. The van der Waals surface area contributed by atoms with Gasteiger partial charge in [-0.15, -0.1) is 0 Å². The van der Waals surface area contributed by atoms with Crippen LogP contribution in [0.25, 0.3) is 0 Å². The molecule has 1 aromatic carbocycles. The molecule has 0 radical (unpaired) electrons. The van der Waals surface area contributed by atoms with E-state index in [0.29, 0.717) is 17.8 Å². The van der Waals surface area contributed by atoms with Crippen LogP contribution >= 0.6 is 0 Å². The number of likely N-dealkylation sites (tertiary alicyclic amines) is 2. The Bertz CT molecular complexity index is 999. The highest BCUT2D eigenvalue weighted by Gasteiger charge is 2.31. The Labute approximate surface area is 217 Å². The van der Waals surface area contributed by atoms with Gasteiger partial charge in [0.2, 0.25) is 0 Å². The number of rotatable bonds is 7. The molecular weight excluding hydrogens is 448 g/mol. The maximum absolute atomic E-state index is 13.4. The molecule has 0 spiro atoms. The Morgan fingerprint density at radius 2 is 1.64 bits per heavy atom. The van der Waals surface area contributed by atoms with Gasteiger partial charge in [-0.25, -0.2) is 9.97 Å². The Kier molecular flexibility index (Phi) is 8.78. The number of carbonyl (C=O) groups is 1. The van der Waals surface area contributed by atoms with Gasteiger partial charge in [0.05, 0.1) is 6.10 Å². The van der Waals surface area contributed by atoms with Gasteiger partial charge in [0, 0.05) is 50.1 Å². The van der Waals surface area contributed by atoms with Gasteiger partial charge >= 0.3 is 0 Å². The fourth-order valence-electron chi connectivity index (χ4n) is 5.62. The van der Waals surface area contributed by atoms with Crippen LogP contribution in [0, 0.1) is 6.92 Å². The van der Waals surface area contributed by atoms with E-state index in [2.05, 4.69) is 66.8 Å². The summed E-state index contributed by atoms with van der Waals surface area (Å²) in [6.07, 6.45) is 8.01. The predicted molar refractivity (Wildman–Crippen MR) is 144 cm³/mol. The molecule has 196 valence electrons. The van der Waals surface area contributed by atoms with Gasteiger partial charge in [-0.2, -0.15) is 0 Å². The topological polar surface area (TPSA) is 58.6 Å². The van der Waals surface area contributed by atoms with Crippen molar-refractivity contribution in [3.8, 4) is 0 Å². The third-order valence-electron chi connectivity index (χ3n) is 8.01. The van der Waals surface area contributed by atoms with E-state index < -0.39 is 0 Å². The number of piperidine rings is 2. The smallest absolute Gasteiger partial charge is 0.272 e. The molecule has 2 saturated heterocycles. The van der Waals surface area contributed by atoms with E-state index in [9.17, 15) is 4.79 Å². The molecule has 1 aromatic heterocycles. The number of nitrogens with zero attached hydrogens (tertiary/aromatic N) is 4. The Morgan fingerprint density at radius 3 is 2.25 bits per heavy atom. The van der Waals surface area contributed by atoms with Crippen LogP contribution in [0.4, 0.5) is 0 Å². The zero-order valence-electron chi connectivity index (χ0n) is 22.9. The van der Waals surface area contributed by atoms with E-state index in [0.717, 1.165) is 82.6 Å². The van der Waals surface area contributed by atoms with Gasteiger partial charge in [0.15, 0.2) is 0 Å². The molecule has 2 aromatic rings. The van der Waals surface area contributed by atoms with Crippen molar-refractivity contribution in [2.24, 2.45) is 0 Å². The predicted octanol–water partition coefficient (Wildman–Crippen LogP) is 4.97. The number of hydrogen-bond donors (Lipinski definition) is 0. The first-order valence-electron chi connectivity index (χ1n) is 13.8. The Morgan fingerprint density at radius 1 is 0.972 bits per heavy atom. The molecule has 0 unspecified atom stereocenters. The molecule has 0 saturated carbocycles. The van der Waals surface area contributed by atoms with E-state index >= 15 is 0 Å². The molecule has 0 bridgehead atoms. The fraction of sp³-hybridized carbons (Fsp3) is 0.633. The van der Waals surface area contributed by atoms with Gasteiger partial charge < -0.3 is 14.5 Å². The molecule has 0 N–H and O–H groups in total. The van der Waals surface area contributed by atoms with Gasteiger partial charge in [-0.05, 0) is 68.9 Å². The minimum absolute atomic E-state index is 0.0548. The number of ether oxygens (including phenoxy) is 1. The third-order valence-corrected chi connectivity index (χ3v) is 8.01. The average molecular weight is 493 g/mol. The highest BCUT2D eigenvalue weighted by molar-refractivity contribution is 5.93. The van der Waals surface area contributed by atoms with Crippen molar-refractivity contribution in [3.63, 3.8) is 0 Å². The zero-order valence-corrected chi connectivity index (χ0v) is 22.9. The second kappa shape index (κ2) is 11.8. The molecular formula is C30H44N4O2. The molecule has 1 amide bonds. The minimum atomic E-state index is 0.0548. The molecule has 36 heavy (non-hydrogen) atoms. The lowest BCUT2D eigenvalue weighted by atomic mass is 9.86. The lowest BCUT2D eigenvalue weighted by Gasteiger charge is -2.41. The summed E-state index contributed by atoms with van der Waals surface area (Å²) >= 11 is 0. The van der Waals surface area contributed by atoms with Crippen LogP contribution in [-0.2, 0) is 23.0 Å². The second-order valence-electron chi connectivity index (χ2n) is 11.5.